The van der Waals surface area contributed by atoms with E-state index >= 15 is 0 Å². The summed E-state index contributed by atoms with van der Waals surface area (Å²) in [6.07, 6.45) is 4.55. The quantitative estimate of drug-likeness (QED) is 0.823. The third kappa shape index (κ3) is 3.41. The monoisotopic (exact) mass is 328 g/mol. The van der Waals surface area contributed by atoms with Crippen molar-refractivity contribution in [1.29, 1.82) is 0 Å². The normalized spacial score (nSPS) is 18.0. The average Bonchev–Trinajstić information content (AvgIpc) is 3.14. The molecule has 3 heteroatoms. The van der Waals surface area contributed by atoms with Gasteiger partial charge in [-0.1, -0.05) is 65.8 Å². The van der Waals surface area contributed by atoms with Crippen molar-refractivity contribution in [2.45, 2.75) is 60.1 Å². The first-order valence-electron chi connectivity index (χ1n) is 9.30. The first-order valence-corrected chi connectivity index (χ1v) is 9.30. The highest BCUT2D eigenvalue weighted by atomic mass is 16.3. The molecule has 0 fully saturated rings. The summed E-state index contributed by atoms with van der Waals surface area (Å²) >= 11 is 0. The Morgan fingerprint density at radius 1 is 1.12 bits per heavy atom. The number of imidazole rings is 1. The second-order valence-corrected chi connectivity index (χ2v) is 7.25. The molecular weight excluding hydrogens is 296 g/mol. The van der Waals surface area contributed by atoms with Crippen LogP contribution in [-0.4, -0.2) is 20.8 Å². The molecule has 2 aromatic rings. The van der Waals surface area contributed by atoms with Gasteiger partial charge in [0.2, 0.25) is 0 Å². The van der Waals surface area contributed by atoms with Crippen LogP contribution in [0.5, 0.6) is 0 Å². The molecule has 2 unspecified atom stereocenters. The predicted octanol–water partition coefficient (Wildman–Crippen LogP) is 5.16. The summed E-state index contributed by atoms with van der Waals surface area (Å²) in [5, 5.41) is 10.9. The maximum atomic E-state index is 10.9. The van der Waals surface area contributed by atoms with Gasteiger partial charge >= 0.3 is 0 Å². The Hall–Kier alpha value is -1.61. The van der Waals surface area contributed by atoms with Crippen LogP contribution in [0, 0.1) is 17.8 Å². The van der Waals surface area contributed by atoms with Crippen LogP contribution in [-0.2, 0) is 0 Å². The minimum absolute atomic E-state index is 0.188. The maximum Gasteiger partial charge on any atom is 0.0956 e. The summed E-state index contributed by atoms with van der Waals surface area (Å²) in [4.78, 5) is 4.34. The lowest BCUT2D eigenvalue weighted by Gasteiger charge is -2.33. The molecule has 0 aliphatic carbocycles. The average molecular weight is 329 g/mol. The summed E-state index contributed by atoms with van der Waals surface area (Å²) in [5.41, 5.74) is 3.75. The number of benzene rings is 1. The number of aromatic nitrogens is 2. The zero-order chi connectivity index (χ0) is 17.9. The number of aliphatic hydroxyl groups is 1. The number of rotatable bonds is 5. The molecule has 132 valence electrons. The van der Waals surface area contributed by atoms with Crippen molar-refractivity contribution in [1.82, 2.24) is 9.55 Å². The summed E-state index contributed by atoms with van der Waals surface area (Å²) in [5.74, 6) is 1.01. The van der Waals surface area contributed by atoms with Gasteiger partial charge in [0, 0.05) is 11.5 Å². The Morgan fingerprint density at radius 3 is 2.42 bits per heavy atom. The van der Waals surface area contributed by atoms with Crippen LogP contribution in [0.3, 0.4) is 0 Å². The highest BCUT2D eigenvalue weighted by molar-refractivity contribution is 5.69. The van der Waals surface area contributed by atoms with Gasteiger partial charge < -0.3 is 9.67 Å². The van der Waals surface area contributed by atoms with Crippen LogP contribution >= 0.6 is 0 Å². The molecule has 0 saturated heterocycles. The van der Waals surface area contributed by atoms with Crippen molar-refractivity contribution >= 4 is 0 Å². The third-order valence-electron chi connectivity index (χ3n) is 4.79. The molecule has 0 saturated carbocycles. The smallest absolute Gasteiger partial charge is 0.0956 e. The largest absolute Gasteiger partial charge is 0.392 e. The van der Waals surface area contributed by atoms with Gasteiger partial charge in [-0.2, -0.15) is 0 Å². The molecule has 3 rings (SSSR count). The molecule has 2 heterocycles. The van der Waals surface area contributed by atoms with E-state index in [0.29, 0.717) is 5.92 Å². The molecule has 24 heavy (non-hydrogen) atoms. The molecule has 0 bridgehead atoms. The van der Waals surface area contributed by atoms with E-state index in [1.165, 1.54) is 16.8 Å². The number of nitrogens with zero attached hydrogens (tertiary/aromatic N) is 2. The fourth-order valence-corrected chi connectivity index (χ4v) is 3.80. The Bertz CT molecular complexity index is 645. The van der Waals surface area contributed by atoms with Gasteiger partial charge in [-0.05, 0) is 23.8 Å². The van der Waals surface area contributed by atoms with Crippen molar-refractivity contribution in [3.05, 3.63) is 42.4 Å². The highest BCUT2D eigenvalue weighted by Crippen LogP contribution is 2.46. The second-order valence-electron chi connectivity index (χ2n) is 7.25. The molecule has 3 nitrogen and oxygen atoms in total. The number of fused-ring (bicyclic) bond motifs is 3. The number of aliphatic hydroxyl groups excluding tert-OH is 1. The van der Waals surface area contributed by atoms with Gasteiger partial charge in [-0.25, -0.2) is 4.98 Å². The molecule has 1 aliphatic heterocycles. The highest BCUT2D eigenvalue weighted by Gasteiger charge is 2.38. The summed E-state index contributed by atoms with van der Waals surface area (Å²) in [6.45, 7) is 12.7. The van der Waals surface area contributed by atoms with E-state index in [4.69, 9.17) is 0 Å². The molecule has 0 radical (unpaired) electrons. The van der Waals surface area contributed by atoms with Crippen LogP contribution in [0.4, 0.5) is 0 Å². The van der Waals surface area contributed by atoms with Gasteiger partial charge in [0.05, 0.1) is 30.4 Å². The molecule has 3 atom stereocenters. The SMILES string of the molecule is CC.CC(C)CC(C1c2ccccc2-c2cncn21)[C@@H](O)C(C)C. The van der Waals surface area contributed by atoms with Crippen molar-refractivity contribution in [3.8, 4) is 11.3 Å². The number of hydrogen-bond donors (Lipinski definition) is 1. The van der Waals surface area contributed by atoms with E-state index in [0.717, 1.165) is 6.42 Å². The summed E-state index contributed by atoms with van der Waals surface area (Å²) in [6, 6.07) is 8.73. The topological polar surface area (TPSA) is 38.0 Å². The van der Waals surface area contributed by atoms with Gasteiger partial charge in [0.1, 0.15) is 0 Å². The van der Waals surface area contributed by atoms with Gasteiger partial charge in [-0.3, -0.25) is 0 Å². The molecule has 1 aromatic heterocycles. The molecular formula is C21H32N2O. The van der Waals surface area contributed by atoms with Crippen molar-refractivity contribution in [2.24, 2.45) is 17.8 Å². The minimum atomic E-state index is -0.311. The molecule has 1 N–H and O–H groups in total. The lowest BCUT2D eigenvalue weighted by atomic mass is 9.79. The molecule has 1 aliphatic rings. The van der Waals surface area contributed by atoms with E-state index in [2.05, 4.69) is 61.5 Å². The van der Waals surface area contributed by atoms with Crippen LogP contribution in [0.25, 0.3) is 11.3 Å². The van der Waals surface area contributed by atoms with Crippen molar-refractivity contribution in [2.75, 3.05) is 0 Å². The molecule has 0 spiro atoms. The Kier molecular flexibility index (Phi) is 6.22. The summed E-state index contributed by atoms with van der Waals surface area (Å²) in [7, 11) is 0. The van der Waals surface area contributed by atoms with Crippen molar-refractivity contribution < 1.29 is 5.11 Å². The molecule has 0 amide bonds. The van der Waals surface area contributed by atoms with Gasteiger partial charge in [-0.15, -0.1) is 0 Å². The number of hydrogen-bond acceptors (Lipinski definition) is 2. The van der Waals surface area contributed by atoms with Crippen LogP contribution in [0.2, 0.25) is 0 Å². The zero-order valence-corrected chi connectivity index (χ0v) is 15.9. The van der Waals surface area contributed by atoms with Gasteiger partial charge in [0.15, 0.2) is 0 Å². The second kappa shape index (κ2) is 7.98. The van der Waals surface area contributed by atoms with E-state index in [1.54, 1.807) is 0 Å². The zero-order valence-electron chi connectivity index (χ0n) is 15.9. The van der Waals surface area contributed by atoms with Crippen LogP contribution in [0.1, 0.15) is 59.6 Å². The van der Waals surface area contributed by atoms with Crippen LogP contribution in [0.15, 0.2) is 36.8 Å². The first kappa shape index (κ1) is 18.7. The maximum absolute atomic E-state index is 10.9. The lowest BCUT2D eigenvalue weighted by Crippen LogP contribution is -2.34. The Labute approximate surface area is 146 Å². The van der Waals surface area contributed by atoms with Crippen LogP contribution < -0.4 is 0 Å². The predicted molar refractivity (Wildman–Crippen MR) is 101 cm³/mol. The van der Waals surface area contributed by atoms with E-state index in [-0.39, 0.29) is 24.0 Å². The fraction of sp³-hybridized carbons (Fsp3) is 0.571. The standard InChI is InChI=1S/C19H26N2O.C2H6/c1-12(2)9-16(19(22)13(3)4)18-15-8-6-5-7-14(15)17-10-20-11-21(17)18;1-2/h5-8,10-13,16,18-19,22H,9H2,1-4H3;1-2H3/t16?,18?,19-;/m0./s1. The van der Waals surface area contributed by atoms with E-state index in [9.17, 15) is 5.11 Å². The first-order chi connectivity index (χ1) is 11.5. The minimum Gasteiger partial charge on any atom is -0.392 e. The third-order valence-corrected chi connectivity index (χ3v) is 4.79. The van der Waals surface area contributed by atoms with Crippen molar-refractivity contribution in [3.63, 3.8) is 0 Å². The van der Waals surface area contributed by atoms with Gasteiger partial charge in [0.25, 0.3) is 0 Å². The lowest BCUT2D eigenvalue weighted by molar-refractivity contribution is 0.0364. The van der Waals surface area contributed by atoms with E-state index < -0.39 is 0 Å². The fourth-order valence-electron chi connectivity index (χ4n) is 3.80. The molecule has 1 aromatic carbocycles. The Morgan fingerprint density at radius 2 is 1.79 bits per heavy atom. The Balaban J connectivity index is 0.00000100. The summed E-state index contributed by atoms with van der Waals surface area (Å²) < 4.78 is 2.25. The van der Waals surface area contributed by atoms with E-state index in [1.807, 2.05) is 26.4 Å².